The minimum Gasteiger partial charge on any atom is -0.480 e. The summed E-state index contributed by atoms with van der Waals surface area (Å²) in [6.45, 7) is 0.848. The third kappa shape index (κ3) is 2.63. The molecule has 0 aromatic rings. The van der Waals surface area contributed by atoms with Gasteiger partial charge in [-0.1, -0.05) is 0 Å². The number of hydrogen-bond donors (Lipinski definition) is 2. The van der Waals surface area contributed by atoms with Crippen LogP contribution in [0, 0.1) is 5.92 Å². The van der Waals surface area contributed by atoms with Crippen molar-refractivity contribution in [2.45, 2.75) is 38.1 Å². The van der Waals surface area contributed by atoms with Crippen LogP contribution in [0.3, 0.4) is 0 Å². The topological polar surface area (TPSA) is 86.7 Å². The lowest BCUT2D eigenvalue weighted by Gasteiger charge is -2.36. The Morgan fingerprint density at radius 3 is 2.67 bits per heavy atom. The van der Waals surface area contributed by atoms with Gasteiger partial charge in [-0.3, -0.25) is 9.59 Å². The van der Waals surface area contributed by atoms with E-state index >= 15 is 0 Å². The summed E-state index contributed by atoms with van der Waals surface area (Å²) in [5.74, 6) is -1.35. The van der Waals surface area contributed by atoms with E-state index < -0.39 is 12.0 Å². The monoisotopic (exact) mass is 254 g/mol. The molecule has 100 valence electrons. The molecule has 2 N–H and O–H groups in total. The van der Waals surface area contributed by atoms with E-state index in [4.69, 9.17) is 5.11 Å². The van der Waals surface area contributed by atoms with Crippen molar-refractivity contribution in [3.8, 4) is 0 Å². The largest absolute Gasteiger partial charge is 0.480 e. The Balaban J connectivity index is 2.02. The van der Waals surface area contributed by atoms with Crippen LogP contribution in [0.2, 0.25) is 0 Å². The Labute approximate surface area is 105 Å². The Bertz CT molecular complexity index is 359. The quantitative estimate of drug-likeness (QED) is 0.725. The summed E-state index contributed by atoms with van der Waals surface area (Å²) >= 11 is 0. The van der Waals surface area contributed by atoms with Crippen LogP contribution in [0.15, 0.2) is 0 Å². The number of hydrogen-bond acceptors (Lipinski definition) is 3. The van der Waals surface area contributed by atoms with E-state index in [1.54, 1.807) is 0 Å². The van der Waals surface area contributed by atoms with Gasteiger partial charge in [0.1, 0.15) is 6.04 Å². The van der Waals surface area contributed by atoms with Crippen LogP contribution in [-0.4, -0.2) is 46.9 Å². The molecular formula is C12H18N2O4. The molecular weight excluding hydrogens is 236 g/mol. The lowest BCUT2D eigenvalue weighted by molar-refractivity contribution is -0.154. The Hall–Kier alpha value is -1.59. The molecule has 2 fully saturated rings. The molecule has 2 amide bonds. The van der Waals surface area contributed by atoms with E-state index in [2.05, 4.69) is 5.32 Å². The molecule has 0 aromatic heterocycles. The van der Waals surface area contributed by atoms with Crippen molar-refractivity contribution in [1.29, 1.82) is 0 Å². The van der Waals surface area contributed by atoms with E-state index in [0.29, 0.717) is 32.4 Å². The summed E-state index contributed by atoms with van der Waals surface area (Å²) in [5, 5.41) is 11.8. The van der Waals surface area contributed by atoms with Gasteiger partial charge in [-0.15, -0.1) is 0 Å². The second kappa shape index (κ2) is 5.37. The van der Waals surface area contributed by atoms with E-state index in [9.17, 15) is 14.4 Å². The normalized spacial score (nSPS) is 28.7. The predicted octanol–water partition coefficient (Wildman–Crippen LogP) is -0.0217. The van der Waals surface area contributed by atoms with Crippen LogP contribution in [-0.2, 0) is 14.4 Å². The molecule has 0 saturated carbocycles. The van der Waals surface area contributed by atoms with Crippen LogP contribution in [0.25, 0.3) is 0 Å². The molecule has 18 heavy (non-hydrogen) atoms. The third-order valence-corrected chi connectivity index (χ3v) is 3.69. The second-order valence-electron chi connectivity index (χ2n) is 4.92. The van der Waals surface area contributed by atoms with Crippen molar-refractivity contribution in [2.75, 3.05) is 13.1 Å². The molecule has 0 spiro atoms. The van der Waals surface area contributed by atoms with Gasteiger partial charge in [0, 0.05) is 19.5 Å². The number of aliphatic carboxylic acids is 1. The summed E-state index contributed by atoms with van der Waals surface area (Å²) < 4.78 is 0. The third-order valence-electron chi connectivity index (χ3n) is 3.69. The SMILES string of the molecule is O=C1CCC(C(=O)N2CCCC[C@H]2C(=O)O)CN1. The van der Waals surface area contributed by atoms with Crippen LogP contribution >= 0.6 is 0 Å². The van der Waals surface area contributed by atoms with Gasteiger partial charge < -0.3 is 15.3 Å². The molecule has 2 heterocycles. The van der Waals surface area contributed by atoms with E-state index in [1.807, 2.05) is 0 Å². The van der Waals surface area contributed by atoms with Crippen LogP contribution < -0.4 is 5.32 Å². The number of carboxylic acid groups (broad SMARTS) is 1. The lowest BCUT2D eigenvalue weighted by Crippen LogP contribution is -2.52. The number of nitrogens with zero attached hydrogens (tertiary/aromatic N) is 1. The van der Waals surface area contributed by atoms with E-state index in [1.165, 1.54) is 4.90 Å². The second-order valence-corrected chi connectivity index (χ2v) is 4.92. The fraction of sp³-hybridized carbons (Fsp3) is 0.750. The van der Waals surface area contributed by atoms with Gasteiger partial charge in [0.25, 0.3) is 0 Å². The zero-order valence-corrected chi connectivity index (χ0v) is 10.2. The number of piperidine rings is 2. The summed E-state index contributed by atoms with van der Waals surface area (Å²) in [4.78, 5) is 36.0. The van der Waals surface area contributed by atoms with Gasteiger partial charge in [-0.05, 0) is 25.7 Å². The molecule has 2 aliphatic heterocycles. The first-order valence-corrected chi connectivity index (χ1v) is 6.39. The molecule has 0 bridgehead atoms. The molecule has 0 radical (unpaired) electrons. The highest BCUT2D eigenvalue weighted by Crippen LogP contribution is 2.22. The standard InChI is InChI=1S/C12H18N2O4/c15-10-5-4-8(7-13-10)11(16)14-6-2-1-3-9(14)12(17)18/h8-9H,1-7H2,(H,13,15)(H,17,18)/t8?,9-/m0/s1. The fourth-order valence-electron chi connectivity index (χ4n) is 2.63. The first-order valence-electron chi connectivity index (χ1n) is 6.39. The lowest BCUT2D eigenvalue weighted by atomic mass is 9.94. The smallest absolute Gasteiger partial charge is 0.326 e. The molecule has 2 rings (SSSR count). The van der Waals surface area contributed by atoms with Crippen molar-refractivity contribution in [2.24, 2.45) is 5.92 Å². The Kier molecular flexibility index (Phi) is 3.84. The van der Waals surface area contributed by atoms with Crippen molar-refractivity contribution < 1.29 is 19.5 Å². The van der Waals surface area contributed by atoms with Gasteiger partial charge in [0.05, 0.1) is 5.92 Å². The number of nitrogens with one attached hydrogen (secondary N) is 1. The number of amides is 2. The highest BCUT2D eigenvalue weighted by Gasteiger charge is 2.36. The maximum absolute atomic E-state index is 12.3. The average molecular weight is 254 g/mol. The van der Waals surface area contributed by atoms with Gasteiger partial charge in [-0.2, -0.15) is 0 Å². The zero-order chi connectivity index (χ0) is 13.1. The van der Waals surface area contributed by atoms with E-state index in [-0.39, 0.29) is 17.7 Å². The molecule has 6 heteroatoms. The molecule has 2 atom stereocenters. The zero-order valence-electron chi connectivity index (χ0n) is 10.2. The first-order chi connectivity index (χ1) is 8.59. The van der Waals surface area contributed by atoms with Gasteiger partial charge >= 0.3 is 5.97 Å². The number of carboxylic acids is 1. The minimum atomic E-state index is -0.928. The van der Waals surface area contributed by atoms with Crippen molar-refractivity contribution in [3.63, 3.8) is 0 Å². The molecule has 1 unspecified atom stereocenters. The summed E-state index contributed by atoms with van der Waals surface area (Å²) in [5.41, 5.74) is 0. The highest BCUT2D eigenvalue weighted by atomic mass is 16.4. The van der Waals surface area contributed by atoms with Crippen LogP contribution in [0.4, 0.5) is 0 Å². The predicted molar refractivity (Wildman–Crippen MR) is 62.7 cm³/mol. The number of likely N-dealkylation sites (tertiary alicyclic amines) is 1. The van der Waals surface area contributed by atoms with Gasteiger partial charge in [-0.25, -0.2) is 4.79 Å². The summed E-state index contributed by atoms with van der Waals surface area (Å²) in [6, 6.07) is -0.691. The van der Waals surface area contributed by atoms with Crippen molar-refractivity contribution in [1.82, 2.24) is 10.2 Å². The fourth-order valence-corrected chi connectivity index (χ4v) is 2.63. The summed E-state index contributed by atoms with van der Waals surface area (Å²) in [6.07, 6.45) is 3.10. The number of carbonyl (C=O) groups excluding carboxylic acids is 2. The average Bonchev–Trinajstić information content (AvgIpc) is 2.39. The molecule has 2 saturated heterocycles. The maximum Gasteiger partial charge on any atom is 0.326 e. The minimum absolute atomic E-state index is 0.0347. The Morgan fingerprint density at radius 2 is 2.06 bits per heavy atom. The first kappa shape index (κ1) is 12.9. The molecule has 0 aromatic carbocycles. The van der Waals surface area contributed by atoms with E-state index in [0.717, 1.165) is 12.8 Å². The highest BCUT2D eigenvalue weighted by molar-refractivity contribution is 5.87. The molecule has 2 aliphatic rings. The molecule has 6 nitrogen and oxygen atoms in total. The molecule has 0 aliphatic carbocycles. The van der Waals surface area contributed by atoms with Crippen LogP contribution in [0.1, 0.15) is 32.1 Å². The Morgan fingerprint density at radius 1 is 1.28 bits per heavy atom. The van der Waals surface area contributed by atoms with Gasteiger partial charge in [0.2, 0.25) is 11.8 Å². The summed E-state index contributed by atoms with van der Waals surface area (Å²) in [7, 11) is 0. The number of rotatable bonds is 2. The van der Waals surface area contributed by atoms with Crippen molar-refractivity contribution >= 4 is 17.8 Å². The maximum atomic E-state index is 12.3. The van der Waals surface area contributed by atoms with Gasteiger partial charge in [0.15, 0.2) is 0 Å². The van der Waals surface area contributed by atoms with Crippen LogP contribution in [0.5, 0.6) is 0 Å². The number of carbonyl (C=O) groups is 3. The van der Waals surface area contributed by atoms with Crippen molar-refractivity contribution in [3.05, 3.63) is 0 Å².